The van der Waals surface area contributed by atoms with E-state index >= 15 is 0 Å². The van der Waals surface area contributed by atoms with Gasteiger partial charge in [-0.15, -0.1) is 11.6 Å². The molecule has 0 bridgehead atoms. The van der Waals surface area contributed by atoms with Crippen LogP contribution in [0.2, 0.25) is 0 Å². The van der Waals surface area contributed by atoms with Crippen LogP contribution in [0.3, 0.4) is 0 Å². The SMILES string of the molecule is CC(C)(CCl)C(=O)CBr. The zero-order chi connectivity index (χ0) is 7.49. The van der Waals surface area contributed by atoms with E-state index in [4.69, 9.17) is 11.6 Å². The van der Waals surface area contributed by atoms with Crippen molar-refractivity contribution in [2.24, 2.45) is 5.41 Å². The molecule has 0 aromatic carbocycles. The minimum Gasteiger partial charge on any atom is -0.298 e. The molecule has 0 spiro atoms. The van der Waals surface area contributed by atoms with Gasteiger partial charge in [0.05, 0.1) is 5.33 Å². The Balaban J connectivity index is 3.97. The highest BCUT2D eigenvalue weighted by Crippen LogP contribution is 2.18. The lowest BCUT2D eigenvalue weighted by Crippen LogP contribution is -2.26. The Bertz CT molecular complexity index is 112. The van der Waals surface area contributed by atoms with Crippen molar-refractivity contribution in [3.8, 4) is 0 Å². The van der Waals surface area contributed by atoms with Crippen LogP contribution in [0.1, 0.15) is 13.8 Å². The Hall–Kier alpha value is 0.440. The summed E-state index contributed by atoms with van der Waals surface area (Å²) in [6.45, 7) is 3.67. The number of alkyl halides is 2. The summed E-state index contributed by atoms with van der Waals surface area (Å²) in [4.78, 5) is 10.9. The second-order valence-electron chi connectivity index (χ2n) is 2.57. The van der Waals surface area contributed by atoms with Crippen LogP contribution in [0, 0.1) is 5.41 Å². The monoisotopic (exact) mass is 212 g/mol. The zero-order valence-electron chi connectivity index (χ0n) is 5.58. The quantitative estimate of drug-likeness (QED) is 0.657. The summed E-state index contributed by atoms with van der Waals surface area (Å²) in [6.07, 6.45) is 0. The maximum atomic E-state index is 10.9. The Morgan fingerprint density at radius 2 is 2.11 bits per heavy atom. The molecular formula is C6H10BrClO. The molecule has 0 amide bonds. The lowest BCUT2D eigenvalue weighted by molar-refractivity contribution is -0.123. The number of carbonyl (C=O) groups is 1. The fourth-order valence-corrected chi connectivity index (χ4v) is 1.16. The highest BCUT2D eigenvalue weighted by atomic mass is 79.9. The van der Waals surface area contributed by atoms with Gasteiger partial charge < -0.3 is 0 Å². The van der Waals surface area contributed by atoms with Gasteiger partial charge in [0.2, 0.25) is 0 Å². The molecule has 0 aliphatic rings. The van der Waals surface area contributed by atoms with E-state index in [2.05, 4.69) is 15.9 Å². The fraction of sp³-hybridized carbons (Fsp3) is 0.833. The van der Waals surface area contributed by atoms with Gasteiger partial charge in [0.25, 0.3) is 0 Å². The van der Waals surface area contributed by atoms with E-state index in [1.54, 1.807) is 0 Å². The highest BCUT2D eigenvalue weighted by Gasteiger charge is 2.24. The molecule has 9 heavy (non-hydrogen) atoms. The Morgan fingerprint density at radius 1 is 1.67 bits per heavy atom. The third kappa shape index (κ3) is 2.67. The zero-order valence-corrected chi connectivity index (χ0v) is 7.92. The van der Waals surface area contributed by atoms with E-state index in [0.29, 0.717) is 11.2 Å². The van der Waals surface area contributed by atoms with Gasteiger partial charge in [0.15, 0.2) is 0 Å². The minimum atomic E-state index is -0.370. The van der Waals surface area contributed by atoms with Gasteiger partial charge in [-0.1, -0.05) is 29.8 Å². The van der Waals surface area contributed by atoms with Crippen molar-refractivity contribution in [1.82, 2.24) is 0 Å². The Kier molecular flexibility index (Phi) is 3.74. The van der Waals surface area contributed by atoms with E-state index < -0.39 is 0 Å². The van der Waals surface area contributed by atoms with Gasteiger partial charge in [-0.25, -0.2) is 0 Å². The van der Waals surface area contributed by atoms with Gasteiger partial charge in [-0.2, -0.15) is 0 Å². The molecular weight excluding hydrogens is 203 g/mol. The molecule has 0 aliphatic heterocycles. The van der Waals surface area contributed by atoms with Crippen LogP contribution in [0.15, 0.2) is 0 Å². The molecule has 0 aliphatic carbocycles. The normalized spacial score (nSPS) is 11.6. The molecule has 0 atom stereocenters. The van der Waals surface area contributed by atoms with Crippen LogP contribution in [0.4, 0.5) is 0 Å². The summed E-state index contributed by atoms with van der Waals surface area (Å²) in [5, 5.41) is 0.396. The molecule has 0 rings (SSSR count). The second-order valence-corrected chi connectivity index (χ2v) is 3.40. The van der Waals surface area contributed by atoms with E-state index in [1.807, 2.05) is 13.8 Å². The average Bonchev–Trinajstić information content (AvgIpc) is 1.86. The standard InChI is InChI=1S/C6H10BrClO/c1-6(2,4-8)5(9)3-7/h3-4H2,1-2H3. The number of rotatable bonds is 3. The maximum absolute atomic E-state index is 10.9. The number of hydrogen-bond acceptors (Lipinski definition) is 1. The molecule has 0 N–H and O–H groups in total. The van der Waals surface area contributed by atoms with Crippen molar-refractivity contribution < 1.29 is 4.79 Å². The average molecular weight is 214 g/mol. The van der Waals surface area contributed by atoms with Crippen molar-refractivity contribution in [2.75, 3.05) is 11.2 Å². The summed E-state index contributed by atoms with van der Waals surface area (Å²) in [7, 11) is 0. The first kappa shape index (κ1) is 9.44. The predicted octanol–water partition coefficient (Wildman–Crippen LogP) is 2.22. The number of halogens is 2. The largest absolute Gasteiger partial charge is 0.298 e. The fourth-order valence-electron chi connectivity index (χ4n) is 0.255. The van der Waals surface area contributed by atoms with Crippen LogP contribution in [0.25, 0.3) is 0 Å². The van der Waals surface area contributed by atoms with Gasteiger partial charge in [0.1, 0.15) is 5.78 Å². The number of ketones is 1. The first-order valence-corrected chi connectivity index (χ1v) is 4.35. The number of Topliss-reactive ketones (excluding diaryl/α,β-unsaturated/α-hetero) is 1. The molecule has 54 valence electrons. The third-order valence-corrected chi connectivity index (χ3v) is 2.39. The van der Waals surface area contributed by atoms with Gasteiger partial charge >= 0.3 is 0 Å². The van der Waals surface area contributed by atoms with Crippen molar-refractivity contribution in [3.05, 3.63) is 0 Å². The van der Waals surface area contributed by atoms with E-state index in [-0.39, 0.29) is 11.2 Å². The Labute approximate surface area is 68.9 Å². The summed E-state index contributed by atoms with van der Waals surface area (Å²) in [5.41, 5.74) is -0.370. The lowest BCUT2D eigenvalue weighted by Gasteiger charge is -2.17. The first-order chi connectivity index (χ1) is 4.04. The highest BCUT2D eigenvalue weighted by molar-refractivity contribution is 9.09. The molecule has 0 heterocycles. The Morgan fingerprint density at radius 3 is 2.22 bits per heavy atom. The molecule has 0 aromatic rings. The van der Waals surface area contributed by atoms with Crippen molar-refractivity contribution in [3.63, 3.8) is 0 Å². The van der Waals surface area contributed by atoms with Crippen LogP contribution in [-0.2, 0) is 4.79 Å². The molecule has 0 saturated carbocycles. The smallest absolute Gasteiger partial charge is 0.150 e. The minimum absolute atomic E-state index is 0.150. The van der Waals surface area contributed by atoms with Crippen molar-refractivity contribution >= 4 is 33.3 Å². The van der Waals surface area contributed by atoms with Crippen LogP contribution in [-0.4, -0.2) is 17.0 Å². The second kappa shape index (κ2) is 3.57. The van der Waals surface area contributed by atoms with Gasteiger partial charge in [-0.05, 0) is 0 Å². The van der Waals surface area contributed by atoms with E-state index in [0.717, 1.165) is 0 Å². The van der Waals surface area contributed by atoms with Crippen molar-refractivity contribution in [2.45, 2.75) is 13.8 Å². The van der Waals surface area contributed by atoms with Crippen LogP contribution in [0.5, 0.6) is 0 Å². The van der Waals surface area contributed by atoms with Crippen LogP contribution >= 0.6 is 27.5 Å². The molecule has 0 fully saturated rings. The summed E-state index contributed by atoms with van der Waals surface area (Å²) in [6, 6.07) is 0. The molecule has 0 saturated heterocycles. The van der Waals surface area contributed by atoms with Gasteiger partial charge in [0, 0.05) is 11.3 Å². The summed E-state index contributed by atoms with van der Waals surface area (Å²) >= 11 is 8.61. The number of hydrogen-bond donors (Lipinski definition) is 0. The summed E-state index contributed by atoms with van der Waals surface area (Å²) < 4.78 is 0. The van der Waals surface area contributed by atoms with E-state index in [9.17, 15) is 4.79 Å². The molecule has 0 unspecified atom stereocenters. The summed E-state index contributed by atoms with van der Waals surface area (Å²) in [5.74, 6) is 0.537. The predicted molar refractivity (Wildman–Crippen MR) is 43.3 cm³/mol. The third-order valence-electron chi connectivity index (χ3n) is 1.21. The first-order valence-electron chi connectivity index (χ1n) is 2.70. The molecule has 1 nitrogen and oxygen atoms in total. The van der Waals surface area contributed by atoms with Crippen LogP contribution < -0.4 is 0 Å². The number of carbonyl (C=O) groups excluding carboxylic acids is 1. The van der Waals surface area contributed by atoms with Gasteiger partial charge in [-0.3, -0.25) is 4.79 Å². The molecule has 3 heteroatoms. The molecule has 0 aromatic heterocycles. The maximum Gasteiger partial charge on any atom is 0.150 e. The van der Waals surface area contributed by atoms with E-state index in [1.165, 1.54) is 0 Å². The van der Waals surface area contributed by atoms with Crippen molar-refractivity contribution in [1.29, 1.82) is 0 Å². The topological polar surface area (TPSA) is 17.1 Å². The lowest BCUT2D eigenvalue weighted by atomic mass is 9.92. The molecule has 0 radical (unpaired) electrons.